The standard InChI is InChI=1S/C13H18FN5S/c1-3-5-16-13-17-7-11(14)12(19-13)15-6-4-10-8-20-9(2)18-10/h7-8H,3-6H2,1-2H3,(H2,15,16,17,19). The molecule has 2 aromatic heterocycles. The lowest BCUT2D eigenvalue weighted by atomic mass is 10.3. The van der Waals surface area contributed by atoms with Crippen molar-refractivity contribution >= 4 is 23.1 Å². The van der Waals surface area contributed by atoms with Gasteiger partial charge in [0.25, 0.3) is 0 Å². The minimum atomic E-state index is -0.443. The molecule has 2 heterocycles. The van der Waals surface area contributed by atoms with Crippen LogP contribution in [0.3, 0.4) is 0 Å². The summed E-state index contributed by atoms with van der Waals surface area (Å²) in [4.78, 5) is 12.4. The fourth-order valence-electron chi connectivity index (χ4n) is 1.65. The molecule has 0 fully saturated rings. The molecule has 2 aromatic rings. The van der Waals surface area contributed by atoms with Crippen molar-refractivity contribution in [3.8, 4) is 0 Å². The monoisotopic (exact) mass is 295 g/mol. The highest BCUT2D eigenvalue weighted by Crippen LogP contribution is 2.13. The highest BCUT2D eigenvalue weighted by Gasteiger charge is 2.06. The molecule has 0 aliphatic rings. The summed E-state index contributed by atoms with van der Waals surface area (Å²) in [7, 11) is 0. The third kappa shape index (κ3) is 4.12. The number of anilines is 2. The SMILES string of the molecule is CCCNc1ncc(F)c(NCCc2csc(C)n2)n1. The van der Waals surface area contributed by atoms with E-state index in [2.05, 4.69) is 25.6 Å². The first-order chi connectivity index (χ1) is 9.69. The lowest BCUT2D eigenvalue weighted by Gasteiger charge is -2.08. The van der Waals surface area contributed by atoms with E-state index in [1.807, 2.05) is 19.2 Å². The van der Waals surface area contributed by atoms with Gasteiger partial charge < -0.3 is 10.6 Å². The molecule has 0 saturated heterocycles. The summed E-state index contributed by atoms with van der Waals surface area (Å²) in [6.07, 6.45) is 2.89. The number of aryl methyl sites for hydroxylation is 1. The van der Waals surface area contributed by atoms with Crippen LogP contribution in [0.15, 0.2) is 11.6 Å². The van der Waals surface area contributed by atoms with Crippen molar-refractivity contribution in [1.82, 2.24) is 15.0 Å². The van der Waals surface area contributed by atoms with E-state index in [1.54, 1.807) is 11.3 Å². The maximum atomic E-state index is 13.6. The summed E-state index contributed by atoms with van der Waals surface area (Å²) < 4.78 is 13.6. The van der Waals surface area contributed by atoms with Crippen LogP contribution in [0.1, 0.15) is 24.0 Å². The van der Waals surface area contributed by atoms with Gasteiger partial charge in [0.1, 0.15) is 0 Å². The quantitative estimate of drug-likeness (QED) is 0.822. The molecule has 0 radical (unpaired) electrons. The number of nitrogens with zero attached hydrogens (tertiary/aromatic N) is 3. The first-order valence-corrected chi connectivity index (χ1v) is 7.48. The number of halogens is 1. The predicted octanol–water partition coefficient (Wildman–Crippen LogP) is 2.86. The van der Waals surface area contributed by atoms with Crippen LogP contribution in [0, 0.1) is 12.7 Å². The van der Waals surface area contributed by atoms with Crippen LogP contribution in [-0.4, -0.2) is 28.0 Å². The Kier molecular flexibility index (Phi) is 5.23. The molecule has 20 heavy (non-hydrogen) atoms. The Bertz CT molecular complexity index is 557. The number of hydrogen-bond donors (Lipinski definition) is 2. The average Bonchev–Trinajstić information content (AvgIpc) is 2.85. The van der Waals surface area contributed by atoms with E-state index in [-0.39, 0.29) is 5.82 Å². The Morgan fingerprint density at radius 2 is 2.10 bits per heavy atom. The van der Waals surface area contributed by atoms with Gasteiger partial charge in [0.15, 0.2) is 11.6 Å². The van der Waals surface area contributed by atoms with E-state index in [0.29, 0.717) is 12.5 Å². The summed E-state index contributed by atoms with van der Waals surface area (Å²) in [6.45, 7) is 5.37. The Labute approximate surface area is 121 Å². The third-order valence-electron chi connectivity index (χ3n) is 2.62. The van der Waals surface area contributed by atoms with Crippen LogP contribution in [0.2, 0.25) is 0 Å². The molecule has 5 nitrogen and oxygen atoms in total. The minimum absolute atomic E-state index is 0.227. The smallest absolute Gasteiger partial charge is 0.224 e. The van der Waals surface area contributed by atoms with Crippen LogP contribution in [0.4, 0.5) is 16.2 Å². The van der Waals surface area contributed by atoms with Crippen molar-refractivity contribution < 1.29 is 4.39 Å². The number of aromatic nitrogens is 3. The van der Waals surface area contributed by atoms with Crippen LogP contribution >= 0.6 is 11.3 Å². The molecule has 0 aromatic carbocycles. The summed E-state index contributed by atoms with van der Waals surface area (Å²) in [5, 5.41) is 9.08. The van der Waals surface area contributed by atoms with Crippen molar-refractivity contribution in [2.75, 3.05) is 23.7 Å². The number of hydrogen-bond acceptors (Lipinski definition) is 6. The molecule has 0 aliphatic carbocycles. The van der Waals surface area contributed by atoms with Gasteiger partial charge in [0, 0.05) is 24.9 Å². The van der Waals surface area contributed by atoms with Crippen molar-refractivity contribution in [1.29, 1.82) is 0 Å². The van der Waals surface area contributed by atoms with Crippen LogP contribution in [0.5, 0.6) is 0 Å². The summed E-state index contributed by atoms with van der Waals surface area (Å²) in [5.41, 5.74) is 1.01. The number of rotatable bonds is 7. The zero-order valence-corrected chi connectivity index (χ0v) is 12.4. The van der Waals surface area contributed by atoms with Gasteiger partial charge >= 0.3 is 0 Å². The van der Waals surface area contributed by atoms with Crippen molar-refractivity contribution in [2.24, 2.45) is 0 Å². The molecule has 0 spiro atoms. The lowest BCUT2D eigenvalue weighted by molar-refractivity contribution is 0.617. The molecular weight excluding hydrogens is 277 g/mol. The van der Waals surface area contributed by atoms with E-state index < -0.39 is 5.82 Å². The van der Waals surface area contributed by atoms with Gasteiger partial charge in [-0.3, -0.25) is 0 Å². The average molecular weight is 295 g/mol. The predicted molar refractivity (Wildman–Crippen MR) is 79.8 cm³/mol. The van der Waals surface area contributed by atoms with E-state index in [9.17, 15) is 4.39 Å². The highest BCUT2D eigenvalue weighted by molar-refractivity contribution is 7.09. The van der Waals surface area contributed by atoms with Crippen molar-refractivity contribution in [2.45, 2.75) is 26.7 Å². The van der Waals surface area contributed by atoms with Crippen molar-refractivity contribution in [3.63, 3.8) is 0 Å². The Morgan fingerprint density at radius 1 is 1.25 bits per heavy atom. The van der Waals surface area contributed by atoms with Gasteiger partial charge in [-0.2, -0.15) is 4.98 Å². The largest absolute Gasteiger partial charge is 0.367 e. The van der Waals surface area contributed by atoms with Gasteiger partial charge in [-0.15, -0.1) is 11.3 Å². The Balaban J connectivity index is 1.90. The molecular formula is C13H18FN5S. The van der Waals surface area contributed by atoms with E-state index >= 15 is 0 Å². The molecule has 0 bridgehead atoms. The van der Waals surface area contributed by atoms with E-state index in [0.717, 1.165) is 30.1 Å². The first kappa shape index (κ1) is 14.6. The van der Waals surface area contributed by atoms with E-state index in [1.165, 1.54) is 6.20 Å². The molecule has 7 heteroatoms. The molecule has 108 valence electrons. The highest BCUT2D eigenvalue weighted by atomic mass is 32.1. The Morgan fingerprint density at radius 3 is 2.80 bits per heavy atom. The topological polar surface area (TPSA) is 62.7 Å². The number of nitrogens with one attached hydrogen (secondary N) is 2. The van der Waals surface area contributed by atoms with Gasteiger partial charge in [-0.25, -0.2) is 14.4 Å². The summed E-state index contributed by atoms with van der Waals surface area (Å²) in [6, 6.07) is 0. The fraction of sp³-hybridized carbons (Fsp3) is 0.462. The summed E-state index contributed by atoms with van der Waals surface area (Å²) in [5.74, 6) is 0.229. The third-order valence-corrected chi connectivity index (χ3v) is 3.44. The minimum Gasteiger partial charge on any atom is -0.367 e. The summed E-state index contributed by atoms with van der Waals surface area (Å²) >= 11 is 1.62. The van der Waals surface area contributed by atoms with Gasteiger partial charge in [0.05, 0.1) is 16.9 Å². The van der Waals surface area contributed by atoms with Gasteiger partial charge in [0.2, 0.25) is 5.95 Å². The second kappa shape index (κ2) is 7.14. The molecule has 2 rings (SSSR count). The first-order valence-electron chi connectivity index (χ1n) is 6.60. The van der Waals surface area contributed by atoms with Gasteiger partial charge in [-0.1, -0.05) is 6.92 Å². The molecule has 0 unspecified atom stereocenters. The fourth-order valence-corrected chi connectivity index (χ4v) is 2.29. The second-order valence-corrected chi connectivity index (χ2v) is 5.41. The maximum Gasteiger partial charge on any atom is 0.224 e. The molecule has 0 amide bonds. The zero-order valence-electron chi connectivity index (χ0n) is 11.6. The number of thiazole rings is 1. The van der Waals surface area contributed by atoms with E-state index in [4.69, 9.17) is 0 Å². The molecule has 0 atom stereocenters. The van der Waals surface area contributed by atoms with Crippen LogP contribution in [-0.2, 0) is 6.42 Å². The molecule has 0 saturated carbocycles. The van der Waals surface area contributed by atoms with Crippen LogP contribution < -0.4 is 10.6 Å². The van der Waals surface area contributed by atoms with Gasteiger partial charge in [-0.05, 0) is 13.3 Å². The molecule has 0 aliphatic heterocycles. The zero-order chi connectivity index (χ0) is 14.4. The second-order valence-electron chi connectivity index (χ2n) is 4.35. The lowest BCUT2D eigenvalue weighted by Crippen LogP contribution is -2.11. The maximum absolute atomic E-state index is 13.6. The normalized spacial score (nSPS) is 10.6. The van der Waals surface area contributed by atoms with Crippen LogP contribution in [0.25, 0.3) is 0 Å². The Hall–Kier alpha value is -1.76. The van der Waals surface area contributed by atoms with Crippen molar-refractivity contribution in [3.05, 3.63) is 28.1 Å². The molecule has 2 N–H and O–H groups in total.